The number of aromatic nitrogens is 3. The number of imidazole rings is 1. The van der Waals surface area contributed by atoms with Crippen molar-refractivity contribution in [2.75, 3.05) is 0 Å². The van der Waals surface area contributed by atoms with Gasteiger partial charge in [-0.1, -0.05) is 24.4 Å². The standard InChI is InChI=1S/C13H10N4S/c14-13(18)11-6-5-9(7-15-11)17-8-16-10-3-1-2-4-12(10)17/h1-8H,(H2,14,18). The second kappa shape index (κ2) is 4.19. The molecular formula is C13H10N4S. The van der Waals surface area contributed by atoms with Crippen molar-refractivity contribution >= 4 is 28.2 Å². The fourth-order valence-electron chi connectivity index (χ4n) is 1.84. The summed E-state index contributed by atoms with van der Waals surface area (Å²) in [6.07, 6.45) is 3.52. The highest BCUT2D eigenvalue weighted by Gasteiger charge is 2.04. The van der Waals surface area contributed by atoms with Gasteiger partial charge in [-0.3, -0.25) is 9.55 Å². The van der Waals surface area contributed by atoms with Gasteiger partial charge in [-0.2, -0.15) is 0 Å². The summed E-state index contributed by atoms with van der Waals surface area (Å²) in [7, 11) is 0. The van der Waals surface area contributed by atoms with Gasteiger partial charge in [0.1, 0.15) is 11.3 Å². The van der Waals surface area contributed by atoms with Crippen LogP contribution in [0.25, 0.3) is 16.7 Å². The molecule has 1 aromatic carbocycles. The Labute approximate surface area is 109 Å². The zero-order chi connectivity index (χ0) is 12.5. The van der Waals surface area contributed by atoms with Crippen LogP contribution >= 0.6 is 12.2 Å². The first-order valence-corrected chi connectivity index (χ1v) is 5.85. The number of hydrogen-bond donors (Lipinski definition) is 1. The molecule has 2 heterocycles. The summed E-state index contributed by atoms with van der Waals surface area (Å²) in [5.74, 6) is 0. The van der Waals surface area contributed by atoms with Crippen LogP contribution < -0.4 is 5.73 Å². The lowest BCUT2D eigenvalue weighted by Crippen LogP contribution is -2.11. The van der Waals surface area contributed by atoms with Crippen molar-refractivity contribution in [3.05, 3.63) is 54.6 Å². The second-order valence-corrected chi connectivity index (χ2v) is 4.31. The number of pyridine rings is 1. The van der Waals surface area contributed by atoms with Crippen molar-refractivity contribution in [2.24, 2.45) is 5.73 Å². The van der Waals surface area contributed by atoms with Crippen LogP contribution in [-0.4, -0.2) is 19.5 Å². The van der Waals surface area contributed by atoms with E-state index in [1.807, 2.05) is 41.0 Å². The summed E-state index contributed by atoms with van der Waals surface area (Å²) in [6, 6.07) is 11.7. The highest BCUT2D eigenvalue weighted by molar-refractivity contribution is 7.80. The van der Waals surface area contributed by atoms with E-state index in [9.17, 15) is 0 Å². The summed E-state index contributed by atoms with van der Waals surface area (Å²) in [6.45, 7) is 0. The van der Waals surface area contributed by atoms with E-state index in [1.165, 1.54) is 0 Å². The van der Waals surface area contributed by atoms with Gasteiger partial charge < -0.3 is 5.73 Å². The summed E-state index contributed by atoms with van der Waals surface area (Å²) in [5.41, 5.74) is 9.08. The molecule has 5 heteroatoms. The van der Waals surface area contributed by atoms with Crippen LogP contribution in [0.2, 0.25) is 0 Å². The fourth-order valence-corrected chi connectivity index (χ4v) is 1.96. The van der Waals surface area contributed by atoms with E-state index in [-0.39, 0.29) is 0 Å². The normalized spacial score (nSPS) is 10.7. The molecule has 0 aliphatic carbocycles. The minimum atomic E-state index is 0.303. The minimum absolute atomic E-state index is 0.303. The summed E-state index contributed by atoms with van der Waals surface area (Å²) in [5, 5.41) is 0. The smallest absolute Gasteiger partial charge is 0.122 e. The highest BCUT2D eigenvalue weighted by Crippen LogP contribution is 2.17. The molecule has 4 nitrogen and oxygen atoms in total. The van der Waals surface area contributed by atoms with Crippen LogP contribution in [-0.2, 0) is 0 Å². The van der Waals surface area contributed by atoms with Gasteiger partial charge in [-0.05, 0) is 24.3 Å². The average Bonchev–Trinajstić information content (AvgIpc) is 2.82. The molecule has 18 heavy (non-hydrogen) atoms. The first-order chi connectivity index (χ1) is 8.75. The molecule has 3 rings (SSSR count). The van der Waals surface area contributed by atoms with Crippen molar-refractivity contribution in [1.82, 2.24) is 14.5 Å². The van der Waals surface area contributed by atoms with Crippen molar-refractivity contribution < 1.29 is 0 Å². The molecule has 0 spiro atoms. The number of hydrogen-bond acceptors (Lipinski definition) is 3. The van der Waals surface area contributed by atoms with E-state index in [1.54, 1.807) is 12.5 Å². The topological polar surface area (TPSA) is 56.7 Å². The van der Waals surface area contributed by atoms with Gasteiger partial charge in [0.05, 0.1) is 28.6 Å². The number of para-hydroxylation sites is 2. The fraction of sp³-hybridized carbons (Fsp3) is 0. The maximum Gasteiger partial charge on any atom is 0.122 e. The van der Waals surface area contributed by atoms with E-state index in [0.717, 1.165) is 16.7 Å². The Bertz CT molecular complexity index is 715. The molecule has 0 aliphatic rings. The molecule has 0 amide bonds. The van der Waals surface area contributed by atoms with Gasteiger partial charge in [0.15, 0.2) is 0 Å². The lowest BCUT2D eigenvalue weighted by molar-refractivity contribution is 1.07. The van der Waals surface area contributed by atoms with E-state index in [0.29, 0.717) is 10.7 Å². The lowest BCUT2D eigenvalue weighted by atomic mass is 10.3. The molecule has 0 unspecified atom stereocenters. The number of benzene rings is 1. The van der Waals surface area contributed by atoms with Crippen molar-refractivity contribution in [2.45, 2.75) is 0 Å². The Kier molecular flexibility index (Phi) is 2.53. The van der Waals surface area contributed by atoms with Gasteiger partial charge in [-0.25, -0.2) is 4.98 Å². The quantitative estimate of drug-likeness (QED) is 0.711. The van der Waals surface area contributed by atoms with E-state index < -0.39 is 0 Å². The third kappa shape index (κ3) is 1.74. The molecule has 0 aliphatic heterocycles. The largest absolute Gasteiger partial charge is 0.388 e. The Morgan fingerprint density at radius 1 is 1.11 bits per heavy atom. The first kappa shape index (κ1) is 10.9. The van der Waals surface area contributed by atoms with Crippen LogP contribution in [0.15, 0.2) is 48.9 Å². The van der Waals surface area contributed by atoms with Crippen molar-refractivity contribution in [1.29, 1.82) is 0 Å². The zero-order valence-electron chi connectivity index (χ0n) is 9.45. The molecule has 0 atom stereocenters. The summed E-state index contributed by atoms with van der Waals surface area (Å²) < 4.78 is 1.98. The number of nitrogens with zero attached hydrogens (tertiary/aromatic N) is 3. The Morgan fingerprint density at radius 3 is 2.67 bits per heavy atom. The highest BCUT2D eigenvalue weighted by atomic mass is 32.1. The molecule has 0 fully saturated rings. The Balaban J connectivity index is 2.12. The monoisotopic (exact) mass is 254 g/mol. The molecule has 0 saturated heterocycles. The van der Waals surface area contributed by atoms with Crippen LogP contribution in [0.3, 0.4) is 0 Å². The third-order valence-electron chi connectivity index (χ3n) is 2.73. The Morgan fingerprint density at radius 2 is 1.94 bits per heavy atom. The number of rotatable bonds is 2. The minimum Gasteiger partial charge on any atom is -0.388 e. The molecule has 3 aromatic rings. The van der Waals surface area contributed by atoms with Gasteiger partial charge >= 0.3 is 0 Å². The van der Waals surface area contributed by atoms with E-state index in [2.05, 4.69) is 9.97 Å². The van der Waals surface area contributed by atoms with Gasteiger partial charge in [0.2, 0.25) is 0 Å². The van der Waals surface area contributed by atoms with Gasteiger partial charge in [0, 0.05) is 0 Å². The van der Waals surface area contributed by atoms with Crippen LogP contribution in [0.5, 0.6) is 0 Å². The van der Waals surface area contributed by atoms with Crippen molar-refractivity contribution in [3.63, 3.8) is 0 Å². The number of thiocarbonyl (C=S) groups is 1. The van der Waals surface area contributed by atoms with Crippen LogP contribution in [0, 0.1) is 0 Å². The average molecular weight is 254 g/mol. The number of fused-ring (bicyclic) bond motifs is 1. The molecule has 88 valence electrons. The predicted octanol–water partition coefficient (Wildman–Crippen LogP) is 2.05. The molecular weight excluding hydrogens is 244 g/mol. The Hall–Kier alpha value is -2.27. The molecule has 0 saturated carbocycles. The van der Waals surface area contributed by atoms with Crippen LogP contribution in [0.1, 0.15) is 5.69 Å². The number of nitrogens with two attached hydrogens (primary N) is 1. The first-order valence-electron chi connectivity index (χ1n) is 5.44. The maximum absolute atomic E-state index is 5.52. The predicted molar refractivity (Wildman–Crippen MR) is 74.8 cm³/mol. The van der Waals surface area contributed by atoms with E-state index in [4.69, 9.17) is 18.0 Å². The summed E-state index contributed by atoms with van der Waals surface area (Å²) >= 11 is 4.88. The molecule has 0 radical (unpaired) electrons. The third-order valence-corrected chi connectivity index (χ3v) is 2.94. The van der Waals surface area contributed by atoms with Crippen molar-refractivity contribution in [3.8, 4) is 5.69 Å². The maximum atomic E-state index is 5.52. The lowest BCUT2D eigenvalue weighted by Gasteiger charge is -2.04. The summed E-state index contributed by atoms with van der Waals surface area (Å²) in [4.78, 5) is 8.87. The molecule has 2 aromatic heterocycles. The zero-order valence-corrected chi connectivity index (χ0v) is 10.3. The molecule has 2 N–H and O–H groups in total. The second-order valence-electron chi connectivity index (χ2n) is 3.87. The van der Waals surface area contributed by atoms with Crippen LogP contribution in [0.4, 0.5) is 0 Å². The van der Waals surface area contributed by atoms with Gasteiger partial charge in [-0.15, -0.1) is 0 Å². The molecule has 0 bridgehead atoms. The SMILES string of the molecule is NC(=S)c1ccc(-n2cnc3ccccc32)cn1. The van der Waals surface area contributed by atoms with Gasteiger partial charge in [0.25, 0.3) is 0 Å². The van der Waals surface area contributed by atoms with E-state index >= 15 is 0 Å².